The number of aryl methyl sites for hydroxylation is 1. The first-order valence-electron chi connectivity index (χ1n) is 13.0. The SMILES string of the molecule is Cc1cccc(S(=O)(=O)N[C@@H](CNC(=O)C[C@@H]2C[C@H](c3ccc(C(=N)N)cc3)N(Cc3ccccc3)O2)C(=O)O)c1.Cl. The molecule has 6 N–H and O–H groups in total. The van der Waals surface area contributed by atoms with E-state index >= 15 is 0 Å². The van der Waals surface area contributed by atoms with E-state index < -0.39 is 40.6 Å². The fourth-order valence-corrected chi connectivity index (χ4v) is 5.90. The van der Waals surface area contributed by atoms with Gasteiger partial charge in [-0.1, -0.05) is 66.7 Å². The van der Waals surface area contributed by atoms with Gasteiger partial charge in [-0.25, -0.2) is 8.42 Å². The van der Waals surface area contributed by atoms with Crippen LogP contribution in [0.15, 0.2) is 83.8 Å². The fourth-order valence-electron chi connectivity index (χ4n) is 4.61. The maximum absolute atomic E-state index is 12.8. The lowest BCUT2D eigenvalue weighted by molar-refractivity contribution is -0.174. The number of nitrogens with two attached hydrogens (primary N) is 1. The number of hydrogen-bond acceptors (Lipinski definition) is 7. The summed E-state index contributed by atoms with van der Waals surface area (Å²) in [6, 6.07) is 21.4. The monoisotopic (exact) mass is 615 g/mol. The Morgan fingerprint density at radius 2 is 1.79 bits per heavy atom. The Hall–Kier alpha value is -3.81. The number of hydrogen-bond donors (Lipinski definition) is 5. The van der Waals surface area contributed by atoms with Crippen molar-refractivity contribution in [1.82, 2.24) is 15.1 Å². The summed E-state index contributed by atoms with van der Waals surface area (Å²) in [6.45, 7) is 1.77. The summed E-state index contributed by atoms with van der Waals surface area (Å²) in [6.07, 6.45) is -0.0600. The molecule has 1 saturated heterocycles. The Kier molecular flexibility index (Phi) is 11.2. The first-order chi connectivity index (χ1) is 19.5. The van der Waals surface area contributed by atoms with Crippen molar-refractivity contribution in [3.8, 4) is 0 Å². The number of halogens is 1. The number of aliphatic carboxylic acids is 1. The Balaban J connectivity index is 0.00000484. The third-order valence-corrected chi connectivity index (χ3v) is 8.19. The zero-order chi connectivity index (χ0) is 29.6. The third-order valence-electron chi connectivity index (χ3n) is 6.72. The number of nitrogens with zero attached hydrogens (tertiary/aromatic N) is 1. The Bertz CT molecular complexity index is 1500. The summed E-state index contributed by atoms with van der Waals surface area (Å²) in [4.78, 5) is 30.7. The summed E-state index contributed by atoms with van der Waals surface area (Å²) in [5, 5.41) is 21.6. The summed E-state index contributed by atoms with van der Waals surface area (Å²) >= 11 is 0. The number of nitrogen functional groups attached to an aromatic ring is 1. The van der Waals surface area contributed by atoms with Crippen LogP contribution in [0.3, 0.4) is 0 Å². The lowest BCUT2D eigenvalue weighted by atomic mass is 9.98. The van der Waals surface area contributed by atoms with Gasteiger partial charge in [-0.05, 0) is 42.2 Å². The molecule has 224 valence electrons. The maximum atomic E-state index is 12.8. The van der Waals surface area contributed by atoms with Gasteiger partial charge >= 0.3 is 5.97 Å². The molecule has 4 rings (SSSR count). The van der Waals surface area contributed by atoms with Crippen molar-refractivity contribution in [2.24, 2.45) is 5.73 Å². The van der Waals surface area contributed by atoms with Crippen LogP contribution >= 0.6 is 12.4 Å². The first kappa shape index (κ1) is 32.7. The van der Waals surface area contributed by atoms with Crippen molar-refractivity contribution >= 4 is 40.1 Å². The predicted octanol–water partition coefficient (Wildman–Crippen LogP) is 2.89. The van der Waals surface area contributed by atoms with Gasteiger partial charge in [0.1, 0.15) is 11.9 Å². The summed E-state index contributed by atoms with van der Waals surface area (Å²) in [5.74, 6) is -1.92. The fraction of sp³-hybridized carbons (Fsp3) is 0.276. The molecule has 3 aromatic rings. The second kappa shape index (κ2) is 14.4. The molecular formula is C29H34ClN5O6S. The van der Waals surface area contributed by atoms with Gasteiger partial charge in [-0.3, -0.25) is 19.8 Å². The molecule has 1 amide bonds. The van der Waals surface area contributed by atoms with Crippen LogP contribution in [0.5, 0.6) is 0 Å². The van der Waals surface area contributed by atoms with E-state index in [1.165, 1.54) is 12.1 Å². The zero-order valence-electron chi connectivity index (χ0n) is 22.9. The zero-order valence-corrected chi connectivity index (χ0v) is 24.5. The first-order valence-corrected chi connectivity index (χ1v) is 14.5. The van der Waals surface area contributed by atoms with Gasteiger partial charge in [-0.2, -0.15) is 9.79 Å². The van der Waals surface area contributed by atoms with Gasteiger partial charge in [0.15, 0.2) is 0 Å². The number of carbonyl (C=O) groups is 2. The number of carbonyl (C=O) groups excluding carboxylic acids is 1. The smallest absolute Gasteiger partial charge is 0.323 e. The second-order valence-electron chi connectivity index (χ2n) is 9.91. The molecular weight excluding hydrogens is 582 g/mol. The van der Waals surface area contributed by atoms with Crippen LogP contribution in [0, 0.1) is 12.3 Å². The van der Waals surface area contributed by atoms with Crippen LogP contribution in [0.1, 0.15) is 41.1 Å². The molecule has 0 spiro atoms. The van der Waals surface area contributed by atoms with Crippen molar-refractivity contribution in [2.75, 3.05) is 6.54 Å². The third kappa shape index (κ3) is 8.60. The molecule has 13 heteroatoms. The topological polar surface area (TPSA) is 175 Å². The molecule has 0 aromatic heterocycles. The van der Waals surface area contributed by atoms with E-state index in [1.807, 2.05) is 47.5 Å². The van der Waals surface area contributed by atoms with Gasteiger partial charge in [0, 0.05) is 18.7 Å². The normalized spacial score (nSPS) is 17.6. The van der Waals surface area contributed by atoms with E-state index in [4.69, 9.17) is 16.0 Å². The molecule has 0 bridgehead atoms. The van der Waals surface area contributed by atoms with Crippen molar-refractivity contribution in [3.63, 3.8) is 0 Å². The molecule has 3 atom stereocenters. The average molecular weight is 616 g/mol. The maximum Gasteiger partial charge on any atom is 0.323 e. The Labute approximate surface area is 251 Å². The van der Waals surface area contributed by atoms with Gasteiger partial charge in [0.05, 0.1) is 23.5 Å². The number of hydroxylamine groups is 2. The summed E-state index contributed by atoms with van der Waals surface area (Å²) in [5.41, 5.74) is 8.86. The molecule has 1 heterocycles. The molecule has 1 aliphatic rings. The number of amidine groups is 1. The lowest BCUT2D eigenvalue weighted by Gasteiger charge is -2.23. The van der Waals surface area contributed by atoms with E-state index in [-0.39, 0.29) is 35.6 Å². The second-order valence-corrected chi connectivity index (χ2v) is 11.6. The van der Waals surface area contributed by atoms with E-state index in [1.54, 1.807) is 31.2 Å². The standard InChI is InChI=1S/C29H33N5O6S.ClH/c1-19-6-5-9-24(14-19)41(38,39)33-25(29(36)37)17-32-27(35)16-23-15-26(21-10-12-22(13-11-21)28(30)31)34(40-23)18-20-7-3-2-4-8-20;/h2-14,23,25-26,33H,15-18H2,1H3,(H3,30,31)(H,32,35)(H,36,37);1H/t23-,25-,26+;/m0./s1. The number of sulfonamides is 1. The molecule has 0 unspecified atom stereocenters. The van der Waals surface area contributed by atoms with Crippen molar-refractivity contribution < 1.29 is 28.0 Å². The highest BCUT2D eigenvalue weighted by molar-refractivity contribution is 7.89. The quantitative estimate of drug-likeness (QED) is 0.153. The summed E-state index contributed by atoms with van der Waals surface area (Å²) in [7, 11) is -4.12. The van der Waals surface area contributed by atoms with E-state index in [0.29, 0.717) is 24.1 Å². The molecule has 0 radical (unpaired) electrons. The minimum Gasteiger partial charge on any atom is -0.480 e. The Morgan fingerprint density at radius 3 is 2.40 bits per heavy atom. The molecule has 11 nitrogen and oxygen atoms in total. The van der Waals surface area contributed by atoms with Gasteiger partial charge in [-0.15, -0.1) is 12.4 Å². The molecule has 0 saturated carbocycles. The largest absolute Gasteiger partial charge is 0.480 e. The highest BCUT2D eigenvalue weighted by Gasteiger charge is 2.36. The molecule has 3 aromatic carbocycles. The van der Waals surface area contributed by atoms with Crippen LogP contribution in [0.25, 0.3) is 0 Å². The lowest BCUT2D eigenvalue weighted by Crippen LogP contribution is -2.48. The molecule has 1 aliphatic heterocycles. The van der Waals surface area contributed by atoms with Crippen molar-refractivity contribution in [1.29, 1.82) is 5.41 Å². The van der Waals surface area contributed by atoms with Crippen LogP contribution in [-0.4, -0.2) is 55.0 Å². The summed E-state index contributed by atoms with van der Waals surface area (Å²) < 4.78 is 27.6. The van der Waals surface area contributed by atoms with Gasteiger partial charge in [0.25, 0.3) is 0 Å². The van der Waals surface area contributed by atoms with Gasteiger partial charge in [0.2, 0.25) is 15.9 Å². The van der Waals surface area contributed by atoms with Crippen LogP contribution in [0.2, 0.25) is 0 Å². The van der Waals surface area contributed by atoms with Crippen molar-refractivity contribution in [3.05, 3.63) is 101 Å². The average Bonchev–Trinajstić information content (AvgIpc) is 3.33. The minimum absolute atomic E-state index is 0. The molecule has 1 fully saturated rings. The van der Waals surface area contributed by atoms with E-state index in [9.17, 15) is 23.1 Å². The number of rotatable bonds is 12. The number of benzene rings is 3. The highest BCUT2D eigenvalue weighted by Crippen LogP contribution is 2.36. The van der Waals surface area contributed by atoms with E-state index in [2.05, 4.69) is 10.0 Å². The van der Waals surface area contributed by atoms with Crippen LogP contribution < -0.4 is 15.8 Å². The molecule has 0 aliphatic carbocycles. The van der Waals surface area contributed by atoms with E-state index in [0.717, 1.165) is 11.1 Å². The highest BCUT2D eigenvalue weighted by atomic mass is 35.5. The Morgan fingerprint density at radius 1 is 1.10 bits per heavy atom. The number of carboxylic acids is 1. The van der Waals surface area contributed by atoms with Crippen molar-refractivity contribution in [2.45, 2.75) is 49.4 Å². The number of carboxylic acid groups (broad SMARTS) is 1. The molecule has 42 heavy (non-hydrogen) atoms. The number of nitrogens with one attached hydrogen (secondary N) is 3. The minimum atomic E-state index is -4.12. The van der Waals surface area contributed by atoms with Crippen LogP contribution in [-0.2, 0) is 31.0 Å². The number of amides is 1. The predicted molar refractivity (Wildman–Crippen MR) is 159 cm³/mol. The van der Waals surface area contributed by atoms with Gasteiger partial charge < -0.3 is 16.2 Å². The van der Waals surface area contributed by atoms with Crippen LogP contribution in [0.4, 0.5) is 0 Å².